The Bertz CT molecular complexity index is 849. The summed E-state index contributed by atoms with van der Waals surface area (Å²) in [6.45, 7) is 5.57. The van der Waals surface area contributed by atoms with Crippen LogP contribution in [-0.2, 0) is 9.53 Å². The Morgan fingerprint density at radius 1 is 1.10 bits per heavy atom. The first-order chi connectivity index (χ1) is 15.0. The molecule has 1 fully saturated rings. The highest BCUT2D eigenvalue weighted by atomic mass is 35.5. The summed E-state index contributed by atoms with van der Waals surface area (Å²) in [5, 5.41) is 3.76. The quantitative estimate of drug-likeness (QED) is 0.444. The number of nitrogens with one attached hydrogen (secondary N) is 1. The van der Waals surface area contributed by atoms with Gasteiger partial charge in [0, 0.05) is 36.6 Å². The minimum absolute atomic E-state index is 0.00255. The van der Waals surface area contributed by atoms with E-state index in [9.17, 15) is 9.59 Å². The third-order valence-corrected chi connectivity index (χ3v) is 5.56. The van der Waals surface area contributed by atoms with Crippen LogP contribution in [0.2, 0.25) is 5.02 Å². The van der Waals surface area contributed by atoms with Gasteiger partial charge in [0.05, 0.1) is 25.9 Å². The molecule has 1 aliphatic rings. The average Bonchev–Trinajstić information content (AvgIpc) is 2.79. The molecule has 3 rings (SSSR count). The fourth-order valence-corrected chi connectivity index (χ4v) is 3.67. The number of amides is 1. The van der Waals surface area contributed by atoms with Crippen molar-refractivity contribution in [1.82, 2.24) is 10.2 Å². The predicted molar refractivity (Wildman–Crippen MR) is 121 cm³/mol. The van der Waals surface area contributed by atoms with Crippen molar-refractivity contribution in [3.05, 3.63) is 64.7 Å². The number of ketones is 1. The van der Waals surface area contributed by atoms with Gasteiger partial charge in [-0.25, -0.2) is 0 Å². The lowest BCUT2D eigenvalue weighted by Gasteiger charge is -2.35. The van der Waals surface area contributed by atoms with E-state index in [2.05, 4.69) is 10.2 Å². The summed E-state index contributed by atoms with van der Waals surface area (Å²) in [6.07, 6.45) is 1.01. The van der Waals surface area contributed by atoms with Gasteiger partial charge in [-0.15, -0.1) is 0 Å². The van der Waals surface area contributed by atoms with Crippen molar-refractivity contribution >= 4 is 23.3 Å². The van der Waals surface area contributed by atoms with Gasteiger partial charge in [0.1, 0.15) is 5.75 Å². The molecule has 2 aromatic rings. The van der Waals surface area contributed by atoms with Crippen LogP contribution in [0.25, 0.3) is 0 Å². The number of carbonyl (C=O) groups excluding carboxylic acids is 2. The van der Waals surface area contributed by atoms with E-state index in [1.807, 2.05) is 24.3 Å². The Morgan fingerprint density at radius 2 is 1.77 bits per heavy atom. The molecule has 0 aromatic heterocycles. The molecule has 0 spiro atoms. The zero-order chi connectivity index (χ0) is 22.1. The standard InChI is InChI=1S/C24H29ClN2O4/c1-18(28)19-6-10-22(11-7-19)31-14-2-3-24(29)26-17-23(27-12-15-30-16-13-27)20-4-8-21(25)9-5-20/h4-11,23H,2-3,12-17H2,1H3,(H,26,29). The van der Waals surface area contributed by atoms with Gasteiger partial charge in [0.25, 0.3) is 0 Å². The number of Topliss-reactive ketones (excluding diaryl/α,β-unsaturated/α-hetero) is 1. The summed E-state index contributed by atoms with van der Waals surface area (Å²) < 4.78 is 11.1. The Labute approximate surface area is 188 Å². The fourth-order valence-electron chi connectivity index (χ4n) is 3.54. The van der Waals surface area contributed by atoms with Gasteiger partial charge in [-0.3, -0.25) is 14.5 Å². The summed E-state index contributed by atoms with van der Waals surface area (Å²) in [4.78, 5) is 26.0. The zero-order valence-corrected chi connectivity index (χ0v) is 18.6. The molecule has 2 aromatic carbocycles. The third kappa shape index (κ3) is 7.35. The highest BCUT2D eigenvalue weighted by molar-refractivity contribution is 6.30. The highest BCUT2D eigenvalue weighted by Gasteiger charge is 2.23. The number of halogens is 1. The summed E-state index contributed by atoms with van der Waals surface area (Å²) in [7, 11) is 0. The number of hydrogen-bond acceptors (Lipinski definition) is 5. The van der Waals surface area contributed by atoms with Crippen molar-refractivity contribution in [2.45, 2.75) is 25.8 Å². The van der Waals surface area contributed by atoms with Crippen LogP contribution in [0, 0.1) is 0 Å². The van der Waals surface area contributed by atoms with Crippen molar-refractivity contribution in [1.29, 1.82) is 0 Å². The van der Waals surface area contributed by atoms with E-state index in [4.69, 9.17) is 21.1 Å². The van der Waals surface area contributed by atoms with Crippen molar-refractivity contribution in [2.75, 3.05) is 39.5 Å². The number of carbonyl (C=O) groups is 2. The molecule has 166 valence electrons. The molecule has 0 aliphatic carbocycles. The monoisotopic (exact) mass is 444 g/mol. The first-order valence-corrected chi connectivity index (χ1v) is 11.0. The minimum Gasteiger partial charge on any atom is -0.494 e. The average molecular weight is 445 g/mol. The molecule has 0 bridgehead atoms. The summed E-state index contributed by atoms with van der Waals surface area (Å²) in [5.74, 6) is 0.723. The predicted octanol–water partition coefficient (Wildman–Crippen LogP) is 3.89. The van der Waals surface area contributed by atoms with E-state index < -0.39 is 0 Å². The number of hydrogen-bond donors (Lipinski definition) is 1. The van der Waals surface area contributed by atoms with Crippen molar-refractivity contribution in [3.63, 3.8) is 0 Å². The minimum atomic E-state index is 0.00255. The number of rotatable bonds is 10. The molecular weight excluding hydrogens is 416 g/mol. The van der Waals surface area contributed by atoms with Crippen LogP contribution >= 0.6 is 11.6 Å². The number of nitrogens with zero attached hydrogens (tertiary/aromatic N) is 1. The Kier molecular flexibility index (Phi) is 8.88. The van der Waals surface area contributed by atoms with E-state index in [1.54, 1.807) is 24.3 Å². The second kappa shape index (κ2) is 11.8. The molecular formula is C24H29ClN2O4. The normalized spacial score (nSPS) is 15.3. The summed E-state index contributed by atoms with van der Waals surface area (Å²) >= 11 is 6.04. The third-order valence-electron chi connectivity index (χ3n) is 5.31. The van der Waals surface area contributed by atoms with Crippen molar-refractivity contribution in [2.24, 2.45) is 0 Å². The van der Waals surface area contributed by atoms with Crippen molar-refractivity contribution in [3.8, 4) is 5.75 Å². The number of ether oxygens (including phenoxy) is 2. The van der Waals surface area contributed by atoms with Gasteiger partial charge in [-0.05, 0) is 55.3 Å². The number of benzene rings is 2. The maximum atomic E-state index is 12.4. The van der Waals surface area contributed by atoms with Crippen LogP contribution in [0.3, 0.4) is 0 Å². The molecule has 1 amide bonds. The van der Waals surface area contributed by atoms with Crippen LogP contribution in [0.5, 0.6) is 5.75 Å². The summed E-state index contributed by atoms with van der Waals surface area (Å²) in [6, 6.07) is 14.9. The van der Waals surface area contributed by atoms with E-state index in [0.29, 0.717) is 55.5 Å². The zero-order valence-electron chi connectivity index (χ0n) is 17.8. The van der Waals surface area contributed by atoms with E-state index >= 15 is 0 Å². The lowest BCUT2D eigenvalue weighted by Crippen LogP contribution is -2.43. The van der Waals surface area contributed by atoms with Gasteiger partial charge in [-0.1, -0.05) is 23.7 Å². The smallest absolute Gasteiger partial charge is 0.220 e. The maximum Gasteiger partial charge on any atom is 0.220 e. The molecule has 1 unspecified atom stereocenters. The first-order valence-electron chi connectivity index (χ1n) is 10.6. The molecule has 31 heavy (non-hydrogen) atoms. The second-order valence-electron chi connectivity index (χ2n) is 7.55. The summed E-state index contributed by atoms with van der Waals surface area (Å²) in [5.41, 5.74) is 1.78. The van der Waals surface area contributed by atoms with Crippen LogP contribution in [-0.4, -0.2) is 56.0 Å². The molecule has 7 heteroatoms. The van der Waals surface area contributed by atoms with E-state index in [-0.39, 0.29) is 17.7 Å². The van der Waals surface area contributed by atoms with E-state index in [1.165, 1.54) is 6.92 Å². The van der Waals surface area contributed by atoms with Gasteiger partial charge >= 0.3 is 0 Å². The molecule has 1 heterocycles. The Morgan fingerprint density at radius 3 is 2.42 bits per heavy atom. The highest BCUT2D eigenvalue weighted by Crippen LogP contribution is 2.23. The molecule has 1 saturated heterocycles. The molecule has 0 saturated carbocycles. The molecule has 6 nitrogen and oxygen atoms in total. The van der Waals surface area contributed by atoms with Gasteiger partial charge < -0.3 is 14.8 Å². The first kappa shape index (κ1) is 23.3. The molecule has 1 N–H and O–H groups in total. The van der Waals surface area contributed by atoms with Gasteiger partial charge in [-0.2, -0.15) is 0 Å². The maximum absolute atomic E-state index is 12.4. The molecule has 1 atom stereocenters. The van der Waals surface area contributed by atoms with Crippen LogP contribution < -0.4 is 10.1 Å². The largest absolute Gasteiger partial charge is 0.494 e. The van der Waals surface area contributed by atoms with Crippen LogP contribution in [0.4, 0.5) is 0 Å². The van der Waals surface area contributed by atoms with Gasteiger partial charge in [0.2, 0.25) is 5.91 Å². The topological polar surface area (TPSA) is 67.9 Å². The van der Waals surface area contributed by atoms with Gasteiger partial charge in [0.15, 0.2) is 5.78 Å². The lowest BCUT2D eigenvalue weighted by molar-refractivity contribution is -0.121. The van der Waals surface area contributed by atoms with Crippen molar-refractivity contribution < 1.29 is 19.1 Å². The second-order valence-corrected chi connectivity index (χ2v) is 7.99. The Hall–Kier alpha value is -2.41. The SMILES string of the molecule is CC(=O)c1ccc(OCCCC(=O)NCC(c2ccc(Cl)cc2)N2CCOCC2)cc1. The van der Waals surface area contributed by atoms with E-state index in [0.717, 1.165) is 18.7 Å². The van der Waals surface area contributed by atoms with Crippen LogP contribution in [0.15, 0.2) is 48.5 Å². The molecule has 1 aliphatic heterocycles. The van der Waals surface area contributed by atoms with Crippen LogP contribution in [0.1, 0.15) is 41.7 Å². The number of morpholine rings is 1. The Balaban J connectivity index is 1.44. The fraction of sp³-hybridized carbons (Fsp3) is 0.417. The lowest BCUT2D eigenvalue weighted by atomic mass is 10.0. The molecule has 0 radical (unpaired) electrons.